The van der Waals surface area contributed by atoms with Crippen molar-refractivity contribution in [3.05, 3.63) is 35.2 Å². The molecule has 2 N–H and O–H groups in total. The molecule has 94 valence electrons. The van der Waals surface area contributed by atoms with Gasteiger partial charge in [-0.05, 0) is 30.0 Å². The van der Waals surface area contributed by atoms with Gasteiger partial charge in [-0.3, -0.25) is 4.79 Å². The molecule has 0 spiro atoms. The minimum absolute atomic E-state index is 0.239. The number of hydrogen-bond donors (Lipinski definition) is 1. The van der Waals surface area contributed by atoms with Crippen LogP contribution in [0.5, 0.6) is 0 Å². The predicted octanol–water partition coefficient (Wildman–Crippen LogP) is 2.21. The third-order valence-corrected chi connectivity index (χ3v) is 4.55. The molecule has 1 aromatic heterocycles. The van der Waals surface area contributed by atoms with E-state index in [1.165, 1.54) is 15.0 Å². The first-order chi connectivity index (χ1) is 8.76. The lowest BCUT2D eigenvalue weighted by atomic mass is 10.1. The standard InChI is InChI=1S/C14H16N2OS/c15-7-10-5-14(17)16(8-10)9-12-6-11-3-1-2-4-13(11)18-12/h1-4,6,10H,5,7-9,15H2. The fourth-order valence-corrected chi connectivity index (χ4v) is 3.55. The maximum atomic E-state index is 11.8. The van der Waals surface area contributed by atoms with Crippen molar-refractivity contribution in [1.29, 1.82) is 0 Å². The molecule has 0 bridgehead atoms. The molecular weight excluding hydrogens is 244 g/mol. The van der Waals surface area contributed by atoms with Crippen LogP contribution in [-0.2, 0) is 11.3 Å². The molecule has 1 aliphatic rings. The van der Waals surface area contributed by atoms with Crippen molar-refractivity contribution in [2.75, 3.05) is 13.1 Å². The van der Waals surface area contributed by atoms with Crippen molar-refractivity contribution in [3.8, 4) is 0 Å². The molecule has 0 aliphatic carbocycles. The van der Waals surface area contributed by atoms with Crippen LogP contribution in [0.1, 0.15) is 11.3 Å². The Hall–Kier alpha value is -1.39. The second-order valence-corrected chi connectivity index (χ2v) is 6.00. The smallest absolute Gasteiger partial charge is 0.223 e. The van der Waals surface area contributed by atoms with E-state index in [0.29, 0.717) is 18.9 Å². The lowest BCUT2D eigenvalue weighted by Gasteiger charge is -2.14. The van der Waals surface area contributed by atoms with Gasteiger partial charge in [0.15, 0.2) is 0 Å². The monoisotopic (exact) mass is 260 g/mol. The summed E-state index contributed by atoms with van der Waals surface area (Å²) in [5.74, 6) is 0.579. The summed E-state index contributed by atoms with van der Waals surface area (Å²) in [5.41, 5.74) is 5.64. The van der Waals surface area contributed by atoms with E-state index in [0.717, 1.165) is 13.1 Å². The SMILES string of the molecule is NCC1CC(=O)N(Cc2cc3ccccc3s2)C1. The Morgan fingerprint density at radius 1 is 1.39 bits per heavy atom. The van der Waals surface area contributed by atoms with Crippen LogP contribution in [0.4, 0.5) is 0 Å². The molecule has 3 rings (SSSR count). The van der Waals surface area contributed by atoms with Gasteiger partial charge in [-0.1, -0.05) is 18.2 Å². The average Bonchev–Trinajstić information content (AvgIpc) is 2.93. The molecule has 1 fully saturated rings. The van der Waals surface area contributed by atoms with Gasteiger partial charge in [-0.2, -0.15) is 0 Å². The highest BCUT2D eigenvalue weighted by Crippen LogP contribution is 2.28. The van der Waals surface area contributed by atoms with Gasteiger partial charge < -0.3 is 10.6 Å². The van der Waals surface area contributed by atoms with E-state index in [1.54, 1.807) is 11.3 Å². The molecule has 18 heavy (non-hydrogen) atoms. The minimum Gasteiger partial charge on any atom is -0.337 e. The Balaban J connectivity index is 1.78. The minimum atomic E-state index is 0.239. The number of carbonyl (C=O) groups excluding carboxylic acids is 1. The highest BCUT2D eigenvalue weighted by atomic mass is 32.1. The summed E-state index contributed by atoms with van der Waals surface area (Å²) in [5, 5.41) is 1.26. The molecular formula is C14H16N2OS. The maximum Gasteiger partial charge on any atom is 0.223 e. The van der Waals surface area contributed by atoms with Gasteiger partial charge in [-0.15, -0.1) is 11.3 Å². The lowest BCUT2D eigenvalue weighted by molar-refractivity contribution is -0.128. The molecule has 4 heteroatoms. The Labute approximate surface area is 110 Å². The first-order valence-corrected chi connectivity index (χ1v) is 7.03. The molecule has 1 aliphatic heterocycles. The molecule has 0 radical (unpaired) electrons. The van der Waals surface area contributed by atoms with Gasteiger partial charge in [0.1, 0.15) is 0 Å². The fraction of sp³-hybridized carbons (Fsp3) is 0.357. The molecule has 1 unspecified atom stereocenters. The summed E-state index contributed by atoms with van der Waals surface area (Å²) >= 11 is 1.77. The summed E-state index contributed by atoms with van der Waals surface area (Å²) in [6, 6.07) is 10.5. The number of hydrogen-bond acceptors (Lipinski definition) is 3. The second kappa shape index (κ2) is 4.71. The number of rotatable bonds is 3. The van der Waals surface area contributed by atoms with Crippen LogP contribution in [0.2, 0.25) is 0 Å². The van der Waals surface area contributed by atoms with Crippen molar-refractivity contribution in [3.63, 3.8) is 0 Å². The van der Waals surface area contributed by atoms with Crippen molar-refractivity contribution in [2.24, 2.45) is 11.7 Å². The summed E-state index contributed by atoms with van der Waals surface area (Å²) in [4.78, 5) is 15.0. The second-order valence-electron chi connectivity index (χ2n) is 4.83. The van der Waals surface area contributed by atoms with Gasteiger partial charge in [0.05, 0.1) is 6.54 Å². The number of thiophene rings is 1. The largest absolute Gasteiger partial charge is 0.337 e. The van der Waals surface area contributed by atoms with Gasteiger partial charge in [0.2, 0.25) is 5.91 Å². The van der Waals surface area contributed by atoms with E-state index in [4.69, 9.17) is 5.73 Å². The number of nitrogens with zero attached hydrogens (tertiary/aromatic N) is 1. The molecule has 1 amide bonds. The highest BCUT2D eigenvalue weighted by Gasteiger charge is 2.28. The molecule has 1 saturated heterocycles. The Morgan fingerprint density at radius 3 is 2.94 bits per heavy atom. The first kappa shape index (κ1) is 11.7. The van der Waals surface area contributed by atoms with Crippen LogP contribution in [0.3, 0.4) is 0 Å². The highest BCUT2D eigenvalue weighted by molar-refractivity contribution is 7.19. The molecule has 3 nitrogen and oxygen atoms in total. The van der Waals surface area contributed by atoms with Crippen LogP contribution in [-0.4, -0.2) is 23.9 Å². The topological polar surface area (TPSA) is 46.3 Å². The van der Waals surface area contributed by atoms with Crippen molar-refractivity contribution >= 4 is 27.3 Å². The summed E-state index contributed by atoms with van der Waals surface area (Å²) in [6.07, 6.45) is 0.612. The van der Waals surface area contributed by atoms with Crippen LogP contribution in [0, 0.1) is 5.92 Å². The summed E-state index contributed by atoms with van der Waals surface area (Å²) in [6.45, 7) is 2.15. The molecule has 1 atom stereocenters. The van der Waals surface area contributed by atoms with Crippen LogP contribution >= 0.6 is 11.3 Å². The van der Waals surface area contributed by atoms with Crippen molar-refractivity contribution in [2.45, 2.75) is 13.0 Å². The number of amides is 1. The normalized spacial score (nSPS) is 19.9. The predicted molar refractivity (Wildman–Crippen MR) is 74.4 cm³/mol. The third-order valence-electron chi connectivity index (χ3n) is 3.45. The van der Waals surface area contributed by atoms with Crippen LogP contribution in [0.15, 0.2) is 30.3 Å². The van der Waals surface area contributed by atoms with Gasteiger partial charge in [0.25, 0.3) is 0 Å². The number of likely N-dealkylation sites (tertiary alicyclic amines) is 1. The van der Waals surface area contributed by atoms with Crippen molar-refractivity contribution < 1.29 is 4.79 Å². The quantitative estimate of drug-likeness (QED) is 0.919. The first-order valence-electron chi connectivity index (χ1n) is 6.21. The Morgan fingerprint density at radius 2 is 2.22 bits per heavy atom. The number of fused-ring (bicyclic) bond motifs is 1. The third kappa shape index (κ3) is 2.13. The van der Waals surface area contributed by atoms with E-state index >= 15 is 0 Å². The molecule has 1 aromatic carbocycles. The fourth-order valence-electron chi connectivity index (χ4n) is 2.47. The van der Waals surface area contributed by atoms with E-state index in [1.807, 2.05) is 17.0 Å². The average molecular weight is 260 g/mol. The zero-order valence-corrected chi connectivity index (χ0v) is 11.0. The number of nitrogens with two attached hydrogens (primary N) is 1. The van der Waals surface area contributed by atoms with Crippen LogP contribution < -0.4 is 5.73 Å². The molecule has 2 heterocycles. The van der Waals surface area contributed by atoms with Gasteiger partial charge in [-0.25, -0.2) is 0 Å². The number of carbonyl (C=O) groups is 1. The summed E-state index contributed by atoms with van der Waals surface area (Å²) in [7, 11) is 0. The summed E-state index contributed by atoms with van der Waals surface area (Å²) < 4.78 is 1.29. The lowest BCUT2D eigenvalue weighted by Crippen LogP contribution is -2.25. The zero-order chi connectivity index (χ0) is 12.5. The van der Waals surface area contributed by atoms with E-state index < -0.39 is 0 Å². The van der Waals surface area contributed by atoms with Gasteiger partial charge >= 0.3 is 0 Å². The van der Waals surface area contributed by atoms with E-state index in [9.17, 15) is 4.79 Å². The maximum absolute atomic E-state index is 11.8. The Kier molecular flexibility index (Phi) is 3.06. The van der Waals surface area contributed by atoms with E-state index in [2.05, 4.69) is 18.2 Å². The zero-order valence-electron chi connectivity index (χ0n) is 10.1. The molecule has 0 saturated carbocycles. The van der Waals surface area contributed by atoms with E-state index in [-0.39, 0.29) is 5.91 Å². The Bertz CT molecular complexity index is 545. The van der Waals surface area contributed by atoms with Crippen molar-refractivity contribution in [1.82, 2.24) is 4.90 Å². The van der Waals surface area contributed by atoms with Gasteiger partial charge in [0, 0.05) is 22.5 Å². The molecule has 2 aromatic rings. The van der Waals surface area contributed by atoms with Crippen LogP contribution in [0.25, 0.3) is 10.1 Å². The number of benzene rings is 1.